The molecular formula is C14H19N5O2. The van der Waals surface area contributed by atoms with Crippen LogP contribution in [0.1, 0.15) is 18.2 Å². The van der Waals surface area contributed by atoms with Crippen LogP contribution in [0.3, 0.4) is 0 Å². The van der Waals surface area contributed by atoms with Crippen molar-refractivity contribution >= 4 is 17.1 Å². The molecule has 0 spiro atoms. The molecule has 1 heterocycles. The quantitative estimate of drug-likeness (QED) is 0.630. The van der Waals surface area contributed by atoms with Gasteiger partial charge in [-0.1, -0.05) is 13.0 Å². The first-order valence-electron chi connectivity index (χ1n) is 6.77. The van der Waals surface area contributed by atoms with Gasteiger partial charge in [0.2, 0.25) is 0 Å². The van der Waals surface area contributed by atoms with Crippen molar-refractivity contribution in [3.8, 4) is 0 Å². The second-order valence-electron chi connectivity index (χ2n) is 4.69. The van der Waals surface area contributed by atoms with Crippen LogP contribution in [0.2, 0.25) is 0 Å². The van der Waals surface area contributed by atoms with Crippen LogP contribution in [-0.2, 0) is 20.0 Å². The normalized spacial score (nSPS) is 10.4. The van der Waals surface area contributed by atoms with Crippen molar-refractivity contribution in [2.45, 2.75) is 19.9 Å². The van der Waals surface area contributed by atoms with Gasteiger partial charge in [-0.25, -0.2) is 0 Å². The standard InChI is InChI=1S/C14H19N5O2/c1-4-11-10(9-18(3)17-11)8-16-13-7-5-6-12(15-2)14(13)19(20)21/h5-7,9,15-16H,4,8H2,1-3H3. The van der Waals surface area contributed by atoms with Gasteiger partial charge in [-0.15, -0.1) is 0 Å². The number of rotatable bonds is 6. The Labute approximate surface area is 123 Å². The van der Waals surface area contributed by atoms with Crippen molar-refractivity contribution in [1.82, 2.24) is 9.78 Å². The summed E-state index contributed by atoms with van der Waals surface area (Å²) >= 11 is 0. The zero-order chi connectivity index (χ0) is 15.4. The Hall–Kier alpha value is -2.57. The van der Waals surface area contributed by atoms with Gasteiger partial charge in [0.15, 0.2) is 0 Å². The lowest BCUT2D eigenvalue weighted by Gasteiger charge is -2.09. The van der Waals surface area contributed by atoms with Crippen molar-refractivity contribution in [1.29, 1.82) is 0 Å². The molecule has 0 bridgehead atoms. The average molecular weight is 289 g/mol. The molecule has 2 rings (SSSR count). The summed E-state index contributed by atoms with van der Waals surface area (Å²) in [5.41, 5.74) is 3.09. The third-order valence-corrected chi connectivity index (χ3v) is 3.28. The van der Waals surface area contributed by atoms with Crippen LogP contribution < -0.4 is 10.6 Å². The van der Waals surface area contributed by atoms with Gasteiger partial charge in [0.1, 0.15) is 11.4 Å². The molecule has 1 aromatic carbocycles. The van der Waals surface area contributed by atoms with Crippen LogP contribution >= 0.6 is 0 Å². The molecule has 0 aliphatic heterocycles. The molecular weight excluding hydrogens is 270 g/mol. The lowest BCUT2D eigenvalue weighted by atomic mass is 10.2. The van der Waals surface area contributed by atoms with E-state index in [1.54, 1.807) is 29.9 Å². The van der Waals surface area contributed by atoms with E-state index in [1.165, 1.54) is 0 Å². The average Bonchev–Trinajstić information content (AvgIpc) is 2.84. The molecule has 1 aromatic heterocycles. The molecule has 0 radical (unpaired) electrons. The summed E-state index contributed by atoms with van der Waals surface area (Å²) in [5, 5.41) is 21.6. The van der Waals surface area contributed by atoms with Crippen LogP contribution in [0.4, 0.5) is 17.1 Å². The highest BCUT2D eigenvalue weighted by Gasteiger charge is 2.19. The van der Waals surface area contributed by atoms with Crippen molar-refractivity contribution < 1.29 is 4.92 Å². The molecule has 0 unspecified atom stereocenters. The molecule has 7 heteroatoms. The van der Waals surface area contributed by atoms with Crippen molar-refractivity contribution in [2.24, 2.45) is 7.05 Å². The SMILES string of the molecule is CCc1nn(C)cc1CNc1cccc(NC)c1[N+](=O)[O-]. The van der Waals surface area contributed by atoms with E-state index in [1.807, 2.05) is 20.2 Å². The van der Waals surface area contributed by atoms with E-state index in [9.17, 15) is 10.1 Å². The highest BCUT2D eigenvalue weighted by atomic mass is 16.6. The summed E-state index contributed by atoms with van der Waals surface area (Å²) in [4.78, 5) is 10.9. The lowest BCUT2D eigenvalue weighted by Crippen LogP contribution is -2.05. The summed E-state index contributed by atoms with van der Waals surface area (Å²) in [6, 6.07) is 5.18. The number of nitrogens with zero attached hydrogens (tertiary/aromatic N) is 3. The van der Waals surface area contributed by atoms with Crippen LogP contribution in [0, 0.1) is 10.1 Å². The number of aromatic nitrogens is 2. The van der Waals surface area contributed by atoms with E-state index in [0.29, 0.717) is 17.9 Å². The van der Waals surface area contributed by atoms with E-state index < -0.39 is 0 Å². The fraction of sp³-hybridized carbons (Fsp3) is 0.357. The van der Waals surface area contributed by atoms with Crippen LogP contribution in [0.25, 0.3) is 0 Å². The summed E-state index contributed by atoms with van der Waals surface area (Å²) in [5.74, 6) is 0. The van der Waals surface area contributed by atoms with Gasteiger partial charge < -0.3 is 10.6 Å². The molecule has 2 aromatic rings. The minimum absolute atomic E-state index is 0.0574. The molecule has 0 aliphatic rings. The number of nitrogens with one attached hydrogen (secondary N) is 2. The predicted octanol–water partition coefficient (Wildman–Crippen LogP) is 2.54. The first-order valence-corrected chi connectivity index (χ1v) is 6.77. The van der Waals surface area contributed by atoms with Crippen molar-refractivity contribution in [3.05, 3.63) is 45.8 Å². The zero-order valence-electron chi connectivity index (χ0n) is 12.4. The number of hydrogen-bond acceptors (Lipinski definition) is 5. The minimum Gasteiger partial charge on any atom is -0.382 e. The lowest BCUT2D eigenvalue weighted by molar-refractivity contribution is -0.383. The maximum absolute atomic E-state index is 11.2. The van der Waals surface area contributed by atoms with Gasteiger partial charge in [-0.3, -0.25) is 14.8 Å². The summed E-state index contributed by atoms with van der Waals surface area (Å²) in [6.45, 7) is 2.54. The van der Waals surface area contributed by atoms with Crippen LogP contribution in [0.15, 0.2) is 24.4 Å². The summed E-state index contributed by atoms with van der Waals surface area (Å²) in [7, 11) is 3.54. The molecule has 7 nitrogen and oxygen atoms in total. The van der Waals surface area contributed by atoms with Crippen LogP contribution in [-0.4, -0.2) is 21.8 Å². The van der Waals surface area contributed by atoms with Crippen molar-refractivity contribution in [3.63, 3.8) is 0 Å². The molecule has 112 valence electrons. The largest absolute Gasteiger partial charge is 0.382 e. The second-order valence-corrected chi connectivity index (χ2v) is 4.69. The predicted molar refractivity (Wildman–Crippen MR) is 82.6 cm³/mol. The van der Waals surface area contributed by atoms with Gasteiger partial charge >= 0.3 is 5.69 Å². The Bertz CT molecular complexity index is 651. The Balaban J connectivity index is 2.25. The minimum atomic E-state index is -0.377. The Morgan fingerprint density at radius 3 is 2.71 bits per heavy atom. The third kappa shape index (κ3) is 3.13. The fourth-order valence-electron chi connectivity index (χ4n) is 2.30. The van der Waals surface area contributed by atoms with E-state index in [2.05, 4.69) is 15.7 Å². The Kier molecular flexibility index (Phi) is 4.42. The maximum atomic E-state index is 11.2. The van der Waals surface area contributed by atoms with Gasteiger partial charge in [0.05, 0.1) is 10.6 Å². The molecule has 0 aliphatic carbocycles. The Morgan fingerprint density at radius 1 is 1.38 bits per heavy atom. The molecule has 0 fully saturated rings. The highest BCUT2D eigenvalue weighted by Crippen LogP contribution is 2.32. The number of nitro benzene ring substituents is 1. The number of anilines is 2. The smallest absolute Gasteiger partial charge is 0.315 e. The Morgan fingerprint density at radius 2 is 2.10 bits per heavy atom. The number of para-hydroxylation sites is 1. The van der Waals surface area contributed by atoms with Gasteiger partial charge in [0, 0.05) is 32.4 Å². The topological polar surface area (TPSA) is 85.0 Å². The van der Waals surface area contributed by atoms with Gasteiger partial charge in [-0.2, -0.15) is 5.10 Å². The molecule has 0 atom stereocenters. The number of hydrogen-bond donors (Lipinski definition) is 2. The number of benzene rings is 1. The highest BCUT2D eigenvalue weighted by molar-refractivity contribution is 5.76. The zero-order valence-corrected chi connectivity index (χ0v) is 12.4. The van der Waals surface area contributed by atoms with Crippen molar-refractivity contribution in [2.75, 3.05) is 17.7 Å². The summed E-state index contributed by atoms with van der Waals surface area (Å²) in [6.07, 6.45) is 2.76. The molecule has 0 saturated heterocycles. The third-order valence-electron chi connectivity index (χ3n) is 3.28. The monoisotopic (exact) mass is 289 g/mol. The second kappa shape index (κ2) is 6.25. The van der Waals surface area contributed by atoms with Crippen LogP contribution in [0.5, 0.6) is 0 Å². The maximum Gasteiger partial charge on any atom is 0.315 e. The fourth-order valence-corrected chi connectivity index (χ4v) is 2.30. The first-order chi connectivity index (χ1) is 10.1. The van der Waals surface area contributed by atoms with E-state index >= 15 is 0 Å². The summed E-state index contributed by atoms with van der Waals surface area (Å²) < 4.78 is 1.76. The number of aryl methyl sites for hydroxylation is 2. The molecule has 2 N–H and O–H groups in total. The molecule has 0 saturated carbocycles. The van der Waals surface area contributed by atoms with Gasteiger partial charge in [0.25, 0.3) is 0 Å². The van der Waals surface area contributed by atoms with Gasteiger partial charge in [-0.05, 0) is 18.6 Å². The first kappa shape index (κ1) is 14.8. The van der Waals surface area contributed by atoms with E-state index in [0.717, 1.165) is 17.7 Å². The number of nitro groups is 1. The van der Waals surface area contributed by atoms with E-state index in [4.69, 9.17) is 0 Å². The molecule has 0 amide bonds. The van der Waals surface area contributed by atoms with E-state index in [-0.39, 0.29) is 10.6 Å². The molecule has 21 heavy (non-hydrogen) atoms.